The summed E-state index contributed by atoms with van der Waals surface area (Å²) in [6.07, 6.45) is 0.461. The highest BCUT2D eigenvalue weighted by molar-refractivity contribution is 5.90. The van der Waals surface area contributed by atoms with Crippen LogP contribution in [0, 0.1) is 11.3 Å². The summed E-state index contributed by atoms with van der Waals surface area (Å²) in [6.45, 7) is 8.08. The summed E-state index contributed by atoms with van der Waals surface area (Å²) >= 11 is 0. The normalized spacial score (nSPS) is 32.4. The lowest BCUT2D eigenvalue weighted by molar-refractivity contribution is -0.351. The van der Waals surface area contributed by atoms with Crippen molar-refractivity contribution in [1.82, 2.24) is 4.98 Å². The summed E-state index contributed by atoms with van der Waals surface area (Å²) in [5.41, 5.74) is -5.06. The lowest BCUT2D eigenvalue weighted by Crippen LogP contribution is -2.82. The number of rotatable bonds is 8. The third kappa shape index (κ3) is 5.98. The van der Waals surface area contributed by atoms with Crippen molar-refractivity contribution in [3.8, 4) is 0 Å². The Bertz CT molecular complexity index is 1780. The molecule has 1 spiro atoms. The van der Waals surface area contributed by atoms with Crippen LogP contribution in [0.1, 0.15) is 73.7 Å². The number of nitrogens with zero attached hydrogens (tertiary/aromatic N) is 1. The highest BCUT2D eigenvalue weighted by atomic mass is 16.6. The molecule has 3 fully saturated rings. The Kier molecular flexibility index (Phi) is 9.17. The van der Waals surface area contributed by atoms with Gasteiger partial charge in [-0.2, -0.15) is 0 Å². The number of fused-ring (bicyclic) bond motifs is 1. The van der Waals surface area contributed by atoms with E-state index in [1.165, 1.54) is 31.5 Å². The summed E-state index contributed by atoms with van der Waals surface area (Å²) < 4.78 is 31.4. The van der Waals surface area contributed by atoms with E-state index < -0.39 is 70.5 Å². The molecule has 50 heavy (non-hydrogen) atoms. The van der Waals surface area contributed by atoms with Crippen LogP contribution in [0.5, 0.6) is 0 Å². The Hall–Kier alpha value is -4.87. The summed E-state index contributed by atoms with van der Waals surface area (Å²) in [5.74, 6) is -3.32. The van der Waals surface area contributed by atoms with Gasteiger partial charge in [-0.25, -0.2) is 14.4 Å². The smallest absolute Gasteiger partial charge is 0.340 e. The molecular formula is C39H41NO10. The minimum atomic E-state index is -2.09. The number of hydrogen-bond acceptors (Lipinski definition) is 11. The first-order valence-electron chi connectivity index (χ1n) is 16.6. The predicted molar refractivity (Wildman–Crippen MR) is 179 cm³/mol. The quantitative estimate of drug-likeness (QED) is 0.192. The molecule has 6 rings (SSSR count). The molecule has 262 valence electrons. The molecule has 2 aromatic carbocycles. The van der Waals surface area contributed by atoms with Gasteiger partial charge in [0.15, 0.2) is 18.3 Å². The van der Waals surface area contributed by atoms with E-state index in [1.807, 2.05) is 44.2 Å². The third-order valence-corrected chi connectivity index (χ3v) is 10.7. The van der Waals surface area contributed by atoms with Crippen molar-refractivity contribution < 1.29 is 48.0 Å². The molecule has 0 radical (unpaired) electrons. The van der Waals surface area contributed by atoms with Crippen LogP contribution in [0.15, 0.2) is 91.3 Å². The monoisotopic (exact) mass is 683 g/mol. The second kappa shape index (κ2) is 13.1. The van der Waals surface area contributed by atoms with Crippen LogP contribution in [-0.2, 0) is 33.3 Å². The molecular weight excluding hydrogens is 642 g/mol. The van der Waals surface area contributed by atoms with Gasteiger partial charge < -0.3 is 28.8 Å². The fourth-order valence-corrected chi connectivity index (χ4v) is 8.13. The van der Waals surface area contributed by atoms with E-state index in [0.717, 1.165) is 12.5 Å². The SMILES string of the molecule is CC(=O)OC1C(OC(=O)c2cccnc2)C(C)(O)C23CC(CC(OC(=O)c4ccccc4)C2(C)C1OC(=O)C=Cc1ccccc1)C(C)(C)O3. The lowest BCUT2D eigenvalue weighted by atomic mass is 9.47. The number of hydrogen-bond donors (Lipinski definition) is 1. The zero-order valence-electron chi connectivity index (χ0n) is 28.6. The maximum absolute atomic E-state index is 13.7. The Morgan fingerprint density at radius 1 is 0.820 bits per heavy atom. The molecule has 8 unspecified atom stereocenters. The van der Waals surface area contributed by atoms with Gasteiger partial charge in [-0.3, -0.25) is 9.78 Å². The van der Waals surface area contributed by atoms with E-state index in [0.29, 0.717) is 5.56 Å². The van der Waals surface area contributed by atoms with Crippen molar-refractivity contribution in [1.29, 1.82) is 0 Å². The van der Waals surface area contributed by atoms with Crippen LogP contribution >= 0.6 is 0 Å². The number of ether oxygens (including phenoxy) is 5. The van der Waals surface area contributed by atoms with E-state index in [2.05, 4.69) is 4.98 Å². The highest BCUT2D eigenvalue weighted by Crippen LogP contribution is 2.68. The Balaban J connectivity index is 1.51. The van der Waals surface area contributed by atoms with Gasteiger partial charge in [0.2, 0.25) is 0 Å². The lowest BCUT2D eigenvalue weighted by Gasteiger charge is -2.65. The van der Waals surface area contributed by atoms with Gasteiger partial charge >= 0.3 is 23.9 Å². The number of carbonyl (C=O) groups excluding carboxylic acids is 4. The molecule has 2 heterocycles. The van der Waals surface area contributed by atoms with Crippen LogP contribution in [-0.4, -0.2) is 75.2 Å². The van der Waals surface area contributed by atoms with Crippen LogP contribution in [0.2, 0.25) is 0 Å². The van der Waals surface area contributed by atoms with E-state index in [9.17, 15) is 24.3 Å². The summed E-state index contributed by atoms with van der Waals surface area (Å²) in [7, 11) is 0. The summed E-state index contributed by atoms with van der Waals surface area (Å²) in [4.78, 5) is 57.9. The third-order valence-electron chi connectivity index (χ3n) is 10.7. The molecule has 2 saturated carbocycles. The molecule has 1 aromatic heterocycles. The maximum Gasteiger partial charge on any atom is 0.340 e. The summed E-state index contributed by atoms with van der Waals surface area (Å²) in [6, 6.07) is 20.6. The maximum atomic E-state index is 13.7. The molecule has 11 nitrogen and oxygen atoms in total. The van der Waals surface area contributed by atoms with E-state index in [-0.39, 0.29) is 24.3 Å². The highest BCUT2D eigenvalue weighted by Gasteiger charge is 2.82. The molecule has 1 saturated heterocycles. The van der Waals surface area contributed by atoms with Crippen molar-refractivity contribution >= 4 is 30.0 Å². The molecule has 2 bridgehead atoms. The molecule has 3 aliphatic rings. The molecule has 0 amide bonds. The van der Waals surface area contributed by atoms with Crippen molar-refractivity contribution in [3.63, 3.8) is 0 Å². The van der Waals surface area contributed by atoms with Crippen LogP contribution < -0.4 is 0 Å². The average molecular weight is 684 g/mol. The average Bonchev–Trinajstić information content (AvgIpc) is 3.35. The molecule has 1 N–H and O–H groups in total. The first-order valence-corrected chi connectivity index (χ1v) is 16.6. The predicted octanol–water partition coefficient (Wildman–Crippen LogP) is 5.12. The summed E-state index contributed by atoms with van der Waals surface area (Å²) in [5, 5.41) is 12.9. The zero-order valence-corrected chi connectivity index (χ0v) is 28.6. The van der Waals surface area contributed by atoms with Gasteiger partial charge in [-0.05, 0) is 82.4 Å². The van der Waals surface area contributed by atoms with Crippen LogP contribution in [0.25, 0.3) is 6.08 Å². The number of aromatic nitrogens is 1. The van der Waals surface area contributed by atoms with Gasteiger partial charge in [0, 0.05) is 25.4 Å². The van der Waals surface area contributed by atoms with Gasteiger partial charge in [0.05, 0.1) is 22.1 Å². The van der Waals surface area contributed by atoms with Crippen molar-refractivity contribution in [2.45, 2.75) is 88.7 Å². The topological polar surface area (TPSA) is 148 Å². The molecule has 11 heteroatoms. The molecule has 2 aliphatic carbocycles. The van der Waals surface area contributed by atoms with Gasteiger partial charge in [-0.15, -0.1) is 0 Å². The molecule has 1 aliphatic heterocycles. The van der Waals surface area contributed by atoms with Crippen molar-refractivity contribution in [2.24, 2.45) is 11.3 Å². The zero-order chi connectivity index (χ0) is 35.9. The van der Waals surface area contributed by atoms with Gasteiger partial charge in [0.1, 0.15) is 17.3 Å². The second-order valence-electron chi connectivity index (χ2n) is 14.1. The van der Waals surface area contributed by atoms with Gasteiger partial charge in [-0.1, -0.05) is 48.5 Å². The fourth-order valence-electron chi connectivity index (χ4n) is 8.13. The Morgan fingerprint density at radius 3 is 2.10 bits per heavy atom. The van der Waals surface area contributed by atoms with E-state index >= 15 is 0 Å². The second-order valence-corrected chi connectivity index (χ2v) is 14.1. The van der Waals surface area contributed by atoms with Crippen molar-refractivity contribution in [2.75, 3.05) is 0 Å². The number of carbonyl (C=O) groups is 4. The Morgan fingerprint density at radius 2 is 1.46 bits per heavy atom. The standard InChI is InChI=1S/C39H41NO10/c1-24(41)46-31-32(48-30(42)19-18-25-13-8-6-9-14-25)37(4)29(47-34(43)26-15-10-7-11-16-26)21-28-22-39(37,50-36(28,2)3)38(5,45)33(31)49-35(44)27-17-12-20-40-23-27/h6-20,23,28-29,31-33,45H,21-22H2,1-5H3. The molecule has 8 atom stereocenters. The van der Waals surface area contributed by atoms with Crippen molar-refractivity contribution in [3.05, 3.63) is 108 Å². The van der Waals surface area contributed by atoms with E-state index in [4.69, 9.17) is 23.7 Å². The minimum absolute atomic E-state index is 0.0823. The Labute approximate surface area is 290 Å². The largest absolute Gasteiger partial charge is 0.458 e. The number of benzene rings is 2. The number of aliphatic hydroxyl groups is 1. The first-order chi connectivity index (χ1) is 23.7. The molecule has 3 aromatic rings. The first kappa shape index (κ1) is 35.0. The number of esters is 4. The van der Waals surface area contributed by atoms with Crippen LogP contribution in [0.4, 0.5) is 0 Å². The minimum Gasteiger partial charge on any atom is -0.458 e. The van der Waals surface area contributed by atoms with E-state index in [1.54, 1.807) is 49.4 Å². The fraction of sp³-hybridized carbons (Fsp3) is 0.410. The van der Waals surface area contributed by atoms with Crippen LogP contribution in [0.3, 0.4) is 0 Å². The van der Waals surface area contributed by atoms with Gasteiger partial charge in [0.25, 0.3) is 0 Å². The number of pyridine rings is 1.